The van der Waals surface area contributed by atoms with Crippen molar-refractivity contribution in [1.82, 2.24) is 5.32 Å². The van der Waals surface area contributed by atoms with E-state index in [1.165, 1.54) is 0 Å². The Balaban J connectivity index is 1.89. The maximum atomic E-state index is 11.0. The predicted molar refractivity (Wildman–Crippen MR) is 59.0 cm³/mol. The zero-order valence-electron chi connectivity index (χ0n) is 9.87. The average Bonchev–Trinajstić information content (AvgIpc) is 2.30. The molecule has 0 aromatic carbocycles. The Hall–Kier alpha value is -0.650. The van der Waals surface area contributed by atoms with E-state index in [2.05, 4.69) is 5.32 Å². The summed E-state index contributed by atoms with van der Waals surface area (Å²) in [5.74, 6) is -0.119. The maximum Gasteiger partial charge on any atom is 0.305 e. The molecule has 0 bridgehead atoms. The van der Waals surface area contributed by atoms with Crippen LogP contribution in [0.1, 0.15) is 26.2 Å². The van der Waals surface area contributed by atoms with Gasteiger partial charge < -0.3 is 19.5 Å². The third kappa shape index (κ3) is 6.05. The van der Waals surface area contributed by atoms with E-state index in [-0.39, 0.29) is 12.1 Å². The van der Waals surface area contributed by atoms with Gasteiger partial charge in [-0.05, 0) is 26.3 Å². The minimum absolute atomic E-state index is 0.119. The summed E-state index contributed by atoms with van der Waals surface area (Å²) in [6.45, 7) is 5.09. The van der Waals surface area contributed by atoms with Gasteiger partial charge in [-0.15, -0.1) is 0 Å². The molecule has 5 nitrogen and oxygen atoms in total. The number of nitrogens with one attached hydrogen (secondary N) is 1. The van der Waals surface area contributed by atoms with Gasteiger partial charge >= 0.3 is 5.97 Å². The molecule has 1 aliphatic rings. The van der Waals surface area contributed by atoms with Gasteiger partial charge in [0.2, 0.25) is 0 Å². The minimum Gasteiger partial charge on any atom is -0.466 e. The van der Waals surface area contributed by atoms with E-state index in [9.17, 15) is 4.79 Å². The zero-order chi connectivity index (χ0) is 11.6. The second kappa shape index (κ2) is 8.50. The molecule has 1 heterocycles. The fourth-order valence-electron chi connectivity index (χ4n) is 1.52. The Morgan fingerprint density at radius 2 is 2.44 bits per heavy atom. The summed E-state index contributed by atoms with van der Waals surface area (Å²) in [4.78, 5) is 11.0. The SMILES string of the molecule is CCOC(=O)CCCNCC1CCOCO1. The van der Waals surface area contributed by atoms with E-state index in [1.54, 1.807) is 0 Å². The van der Waals surface area contributed by atoms with Gasteiger partial charge in [0.1, 0.15) is 6.79 Å². The van der Waals surface area contributed by atoms with E-state index >= 15 is 0 Å². The van der Waals surface area contributed by atoms with Crippen molar-refractivity contribution in [3.05, 3.63) is 0 Å². The molecule has 0 aromatic rings. The van der Waals surface area contributed by atoms with E-state index in [1.807, 2.05) is 6.92 Å². The van der Waals surface area contributed by atoms with Gasteiger partial charge in [0.05, 0.1) is 19.3 Å². The molecule has 0 amide bonds. The molecule has 1 aliphatic heterocycles. The molecule has 0 saturated carbocycles. The second-order valence-corrected chi connectivity index (χ2v) is 3.72. The molecule has 1 atom stereocenters. The quantitative estimate of drug-likeness (QED) is 0.516. The molecule has 0 radical (unpaired) electrons. The van der Waals surface area contributed by atoms with Crippen LogP contribution in [-0.2, 0) is 19.0 Å². The van der Waals surface area contributed by atoms with Gasteiger partial charge in [-0.3, -0.25) is 4.79 Å². The molecule has 16 heavy (non-hydrogen) atoms. The molecular weight excluding hydrogens is 210 g/mol. The van der Waals surface area contributed by atoms with Crippen LogP contribution in [0.15, 0.2) is 0 Å². The lowest BCUT2D eigenvalue weighted by Crippen LogP contribution is -2.34. The standard InChI is InChI=1S/C11H21NO4/c1-2-15-11(13)4-3-6-12-8-10-5-7-14-9-16-10/h10,12H,2-9H2,1H3. The fourth-order valence-corrected chi connectivity index (χ4v) is 1.52. The highest BCUT2D eigenvalue weighted by atomic mass is 16.7. The van der Waals surface area contributed by atoms with E-state index < -0.39 is 0 Å². The Morgan fingerprint density at radius 1 is 1.56 bits per heavy atom. The predicted octanol–water partition coefficient (Wildman–Crippen LogP) is 0.682. The monoisotopic (exact) mass is 231 g/mol. The van der Waals surface area contributed by atoms with Crippen LogP contribution >= 0.6 is 0 Å². The smallest absolute Gasteiger partial charge is 0.305 e. The first-order valence-electron chi connectivity index (χ1n) is 5.88. The summed E-state index contributed by atoms with van der Waals surface area (Å²) in [6, 6.07) is 0. The minimum atomic E-state index is -0.119. The molecule has 1 rings (SSSR count). The van der Waals surface area contributed by atoms with Gasteiger partial charge in [0.25, 0.3) is 0 Å². The van der Waals surface area contributed by atoms with Crippen LogP contribution in [0.5, 0.6) is 0 Å². The van der Waals surface area contributed by atoms with Crippen molar-refractivity contribution < 1.29 is 19.0 Å². The van der Waals surface area contributed by atoms with E-state index in [0.29, 0.717) is 19.8 Å². The van der Waals surface area contributed by atoms with Crippen LogP contribution in [-0.4, -0.2) is 45.2 Å². The van der Waals surface area contributed by atoms with Gasteiger partial charge in [-0.25, -0.2) is 0 Å². The van der Waals surface area contributed by atoms with Crippen LogP contribution in [0.2, 0.25) is 0 Å². The summed E-state index contributed by atoms with van der Waals surface area (Å²) in [5.41, 5.74) is 0. The third-order valence-corrected chi connectivity index (χ3v) is 2.38. The zero-order valence-corrected chi connectivity index (χ0v) is 9.87. The Morgan fingerprint density at radius 3 is 3.12 bits per heavy atom. The van der Waals surface area contributed by atoms with Crippen molar-refractivity contribution in [1.29, 1.82) is 0 Å². The van der Waals surface area contributed by atoms with Crippen molar-refractivity contribution in [2.75, 3.05) is 33.1 Å². The van der Waals surface area contributed by atoms with Crippen molar-refractivity contribution in [2.45, 2.75) is 32.3 Å². The molecule has 0 aliphatic carbocycles. The van der Waals surface area contributed by atoms with Crippen molar-refractivity contribution in [3.63, 3.8) is 0 Å². The first-order chi connectivity index (χ1) is 7.83. The van der Waals surface area contributed by atoms with Crippen LogP contribution in [0, 0.1) is 0 Å². The first-order valence-corrected chi connectivity index (χ1v) is 5.88. The first kappa shape index (κ1) is 13.4. The van der Waals surface area contributed by atoms with Gasteiger partial charge in [-0.1, -0.05) is 0 Å². The number of carbonyl (C=O) groups is 1. The van der Waals surface area contributed by atoms with Gasteiger partial charge in [0, 0.05) is 13.0 Å². The number of rotatable bonds is 7. The molecular formula is C11H21NO4. The highest BCUT2D eigenvalue weighted by Gasteiger charge is 2.13. The Labute approximate surface area is 96.4 Å². The molecule has 1 unspecified atom stereocenters. The third-order valence-electron chi connectivity index (χ3n) is 2.38. The van der Waals surface area contributed by atoms with Crippen LogP contribution in [0.4, 0.5) is 0 Å². The molecule has 1 saturated heterocycles. The van der Waals surface area contributed by atoms with Crippen molar-refractivity contribution in [2.24, 2.45) is 0 Å². The summed E-state index contributed by atoms with van der Waals surface area (Å²) in [7, 11) is 0. The number of hydrogen-bond donors (Lipinski definition) is 1. The van der Waals surface area contributed by atoms with Crippen molar-refractivity contribution in [3.8, 4) is 0 Å². The van der Waals surface area contributed by atoms with Gasteiger partial charge in [0.15, 0.2) is 0 Å². The van der Waals surface area contributed by atoms with E-state index in [4.69, 9.17) is 14.2 Å². The van der Waals surface area contributed by atoms with Crippen molar-refractivity contribution >= 4 is 5.97 Å². The van der Waals surface area contributed by atoms with Crippen LogP contribution in [0.3, 0.4) is 0 Å². The Kier molecular flexibility index (Phi) is 7.12. The molecule has 1 N–H and O–H groups in total. The molecule has 0 spiro atoms. The molecule has 0 aromatic heterocycles. The number of esters is 1. The van der Waals surface area contributed by atoms with Crippen LogP contribution in [0.25, 0.3) is 0 Å². The highest BCUT2D eigenvalue weighted by molar-refractivity contribution is 5.69. The summed E-state index contributed by atoms with van der Waals surface area (Å²) in [6.07, 6.45) is 2.47. The summed E-state index contributed by atoms with van der Waals surface area (Å²) in [5, 5.41) is 3.26. The van der Waals surface area contributed by atoms with Gasteiger partial charge in [-0.2, -0.15) is 0 Å². The number of ether oxygens (including phenoxy) is 3. The highest BCUT2D eigenvalue weighted by Crippen LogP contribution is 2.04. The molecule has 1 fully saturated rings. The summed E-state index contributed by atoms with van der Waals surface area (Å²) < 4.78 is 15.3. The second-order valence-electron chi connectivity index (χ2n) is 3.72. The molecule has 5 heteroatoms. The van der Waals surface area contributed by atoms with Crippen LogP contribution < -0.4 is 5.32 Å². The average molecular weight is 231 g/mol. The topological polar surface area (TPSA) is 56.8 Å². The lowest BCUT2D eigenvalue weighted by atomic mass is 10.2. The number of carbonyl (C=O) groups excluding carboxylic acids is 1. The lowest BCUT2D eigenvalue weighted by molar-refractivity contribution is -0.143. The Bertz CT molecular complexity index is 192. The maximum absolute atomic E-state index is 11.0. The largest absolute Gasteiger partial charge is 0.466 e. The normalized spacial score (nSPS) is 20.7. The molecule has 94 valence electrons. The number of hydrogen-bond acceptors (Lipinski definition) is 5. The summed E-state index contributed by atoms with van der Waals surface area (Å²) >= 11 is 0. The van der Waals surface area contributed by atoms with E-state index in [0.717, 1.165) is 32.5 Å². The fraction of sp³-hybridized carbons (Fsp3) is 0.909. The lowest BCUT2D eigenvalue weighted by Gasteiger charge is -2.22.